The Balaban J connectivity index is 0.00000361. The second kappa shape index (κ2) is 11.8. The standard InChI is InChI=1S/C14H24N4O.HI/c1-3-8-17-14(15)18-11-12-4-6-13(7-5-12)16-9-10-19-2;/h4-7,16H,3,8-11H2,1-2H3,(H3,15,17,18);1H. The van der Waals surface area contributed by atoms with Gasteiger partial charge in [0, 0.05) is 25.9 Å². The third-order valence-electron chi connectivity index (χ3n) is 2.58. The average Bonchev–Trinajstić information content (AvgIpc) is 2.44. The molecule has 0 radical (unpaired) electrons. The number of nitrogens with one attached hydrogen (secondary N) is 2. The summed E-state index contributed by atoms with van der Waals surface area (Å²) in [4.78, 5) is 4.28. The fourth-order valence-corrected chi connectivity index (χ4v) is 1.51. The first-order chi connectivity index (χ1) is 9.26. The van der Waals surface area contributed by atoms with E-state index >= 15 is 0 Å². The van der Waals surface area contributed by atoms with Gasteiger partial charge in [-0.25, -0.2) is 4.99 Å². The molecule has 0 heterocycles. The highest BCUT2D eigenvalue weighted by molar-refractivity contribution is 14.0. The number of nitrogens with two attached hydrogens (primary N) is 1. The first-order valence-electron chi connectivity index (χ1n) is 6.61. The van der Waals surface area contributed by atoms with E-state index in [2.05, 4.69) is 22.5 Å². The van der Waals surface area contributed by atoms with Gasteiger partial charge < -0.3 is 21.1 Å². The van der Waals surface area contributed by atoms with Gasteiger partial charge in [-0.3, -0.25) is 0 Å². The van der Waals surface area contributed by atoms with Gasteiger partial charge in [-0.2, -0.15) is 0 Å². The minimum absolute atomic E-state index is 0. The molecule has 1 aromatic rings. The first kappa shape index (κ1) is 19.0. The normalized spacial score (nSPS) is 10.8. The quantitative estimate of drug-likeness (QED) is 0.275. The first-order valence-corrected chi connectivity index (χ1v) is 6.61. The van der Waals surface area contributed by atoms with Crippen molar-refractivity contribution in [3.63, 3.8) is 0 Å². The Morgan fingerprint density at radius 3 is 2.55 bits per heavy atom. The minimum Gasteiger partial charge on any atom is -0.383 e. The Morgan fingerprint density at radius 1 is 1.25 bits per heavy atom. The number of benzene rings is 1. The molecule has 0 unspecified atom stereocenters. The molecule has 4 N–H and O–H groups in total. The van der Waals surface area contributed by atoms with E-state index in [4.69, 9.17) is 10.5 Å². The van der Waals surface area contributed by atoms with Crippen molar-refractivity contribution in [3.8, 4) is 0 Å². The van der Waals surface area contributed by atoms with E-state index in [0.717, 1.165) is 30.8 Å². The number of methoxy groups -OCH3 is 1. The number of ether oxygens (including phenoxy) is 1. The van der Waals surface area contributed by atoms with Gasteiger partial charge in [-0.1, -0.05) is 19.1 Å². The summed E-state index contributed by atoms with van der Waals surface area (Å²) >= 11 is 0. The van der Waals surface area contributed by atoms with Crippen molar-refractivity contribution >= 4 is 35.6 Å². The molecule has 0 fully saturated rings. The molecule has 0 atom stereocenters. The van der Waals surface area contributed by atoms with Crippen LogP contribution in [0.4, 0.5) is 5.69 Å². The number of hydrogen-bond donors (Lipinski definition) is 3. The zero-order valence-corrected chi connectivity index (χ0v) is 14.5. The molecule has 5 nitrogen and oxygen atoms in total. The lowest BCUT2D eigenvalue weighted by Crippen LogP contribution is -2.32. The number of guanidine groups is 1. The molecule has 0 amide bonds. The summed E-state index contributed by atoms with van der Waals surface area (Å²) in [5, 5.41) is 6.32. The molecule has 1 aromatic carbocycles. The topological polar surface area (TPSA) is 71.7 Å². The Morgan fingerprint density at radius 2 is 1.95 bits per heavy atom. The lowest BCUT2D eigenvalue weighted by Gasteiger charge is -2.06. The van der Waals surface area contributed by atoms with Gasteiger partial charge in [0.1, 0.15) is 0 Å². The number of aliphatic imine (C=N–C) groups is 1. The van der Waals surface area contributed by atoms with Crippen LogP contribution in [0.5, 0.6) is 0 Å². The van der Waals surface area contributed by atoms with E-state index in [-0.39, 0.29) is 24.0 Å². The second-order valence-electron chi connectivity index (χ2n) is 4.24. The molecule has 0 saturated heterocycles. The zero-order chi connectivity index (χ0) is 13.9. The van der Waals surface area contributed by atoms with Crippen LogP contribution in [0.1, 0.15) is 18.9 Å². The summed E-state index contributed by atoms with van der Waals surface area (Å²) < 4.78 is 4.98. The molecule has 0 saturated carbocycles. The lowest BCUT2D eigenvalue weighted by atomic mass is 10.2. The molecule has 1 rings (SSSR count). The maximum atomic E-state index is 5.73. The fraction of sp³-hybridized carbons (Fsp3) is 0.500. The van der Waals surface area contributed by atoms with E-state index in [1.807, 2.05) is 24.3 Å². The van der Waals surface area contributed by atoms with Crippen LogP contribution in [-0.2, 0) is 11.3 Å². The molecule has 20 heavy (non-hydrogen) atoms. The molecule has 0 bridgehead atoms. The Hall–Kier alpha value is -1.02. The van der Waals surface area contributed by atoms with Crippen molar-refractivity contribution in [3.05, 3.63) is 29.8 Å². The molecular formula is C14H25IN4O. The average molecular weight is 392 g/mol. The predicted octanol–water partition coefficient (Wildman–Crippen LogP) is 2.18. The molecule has 6 heteroatoms. The summed E-state index contributed by atoms with van der Waals surface area (Å²) in [5.41, 5.74) is 7.95. The summed E-state index contributed by atoms with van der Waals surface area (Å²) in [7, 11) is 1.69. The smallest absolute Gasteiger partial charge is 0.188 e. The van der Waals surface area contributed by atoms with E-state index in [1.165, 1.54) is 0 Å². The monoisotopic (exact) mass is 392 g/mol. The second-order valence-corrected chi connectivity index (χ2v) is 4.24. The van der Waals surface area contributed by atoms with Crippen molar-refractivity contribution in [1.82, 2.24) is 5.32 Å². The summed E-state index contributed by atoms with van der Waals surface area (Å²) in [6.07, 6.45) is 1.04. The number of halogens is 1. The molecule has 0 spiro atoms. The van der Waals surface area contributed by atoms with Gasteiger partial charge >= 0.3 is 0 Å². The number of anilines is 1. The van der Waals surface area contributed by atoms with Crippen LogP contribution in [0.3, 0.4) is 0 Å². The highest BCUT2D eigenvalue weighted by Crippen LogP contribution is 2.09. The van der Waals surface area contributed by atoms with E-state index in [9.17, 15) is 0 Å². The van der Waals surface area contributed by atoms with Crippen LogP contribution >= 0.6 is 24.0 Å². The van der Waals surface area contributed by atoms with Crippen molar-refractivity contribution < 1.29 is 4.74 Å². The summed E-state index contributed by atoms with van der Waals surface area (Å²) in [6.45, 7) is 5.06. The van der Waals surface area contributed by atoms with E-state index in [0.29, 0.717) is 19.1 Å². The van der Waals surface area contributed by atoms with Crippen LogP contribution in [-0.4, -0.2) is 32.8 Å². The largest absolute Gasteiger partial charge is 0.383 e. The Kier molecular flexibility index (Phi) is 11.2. The summed E-state index contributed by atoms with van der Waals surface area (Å²) in [5.74, 6) is 0.504. The Bertz CT molecular complexity index is 381. The van der Waals surface area contributed by atoms with Gasteiger partial charge in [0.05, 0.1) is 13.2 Å². The van der Waals surface area contributed by atoms with E-state index in [1.54, 1.807) is 7.11 Å². The fourth-order valence-electron chi connectivity index (χ4n) is 1.51. The number of nitrogens with zero attached hydrogens (tertiary/aromatic N) is 1. The zero-order valence-electron chi connectivity index (χ0n) is 12.2. The third kappa shape index (κ3) is 8.21. The van der Waals surface area contributed by atoms with Crippen LogP contribution in [0.15, 0.2) is 29.3 Å². The maximum absolute atomic E-state index is 5.73. The van der Waals surface area contributed by atoms with Crippen molar-refractivity contribution in [2.24, 2.45) is 10.7 Å². The van der Waals surface area contributed by atoms with Gasteiger partial charge in [-0.15, -0.1) is 24.0 Å². The third-order valence-corrected chi connectivity index (χ3v) is 2.58. The maximum Gasteiger partial charge on any atom is 0.188 e. The van der Waals surface area contributed by atoms with Gasteiger partial charge in [0.2, 0.25) is 0 Å². The lowest BCUT2D eigenvalue weighted by molar-refractivity contribution is 0.211. The molecular weight excluding hydrogens is 367 g/mol. The van der Waals surface area contributed by atoms with Crippen molar-refractivity contribution in [1.29, 1.82) is 0 Å². The molecule has 0 aromatic heterocycles. The highest BCUT2D eigenvalue weighted by atomic mass is 127. The highest BCUT2D eigenvalue weighted by Gasteiger charge is 1.95. The van der Waals surface area contributed by atoms with Crippen LogP contribution in [0.2, 0.25) is 0 Å². The molecule has 114 valence electrons. The predicted molar refractivity (Wildman–Crippen MR) is 95.8 cm³/mol. The number of rotatable bonds is 8. The van der Waals surface area contributed by atoms with Gasteiger partial charge in [-0.05, 0) is 24.1 Å². The SMILES string of the molecule is CCCNC(N)=NCc1ccc(NCCOC)cc1.I. The van der Waals surface area contributed by atoms with Crippen molar-refractivity contribution in [2.75, 3.05) is 32.1 Å². The van der Waals surface area contributed by atoms with Crippen LogP contribution < -0.4 is 16.4 Å². The van der Waals surface area contributed by atoms with Crippen LogP contribution in [0, 0.1) is 0 Å². The molecule has 0 aliphatic carbocycles. The number of hydrogen-bond acceptors (Lipinski definition) is 3. The van der Waals surface area contributed by atoms with Crippen LogP contribution in [0.25, 0.3) is 0 Å². The van der Waals surface area contributed by atoms with Gasteiger partial charge in [0.15, 0.2) is 5.96 Å². The van der Waals surface area contributed by atoms with Crippen molar-refractivity contribution in [2.45, 2.75) is 19.9 Å². The van der Waals surface area contributed by atoms with Gasteiger partial charge in [0.25, 0.3) is 0 Å². The minimum atomic E-state index is 0. The Labute approximate surface area is 138 Å². The molecule has 0 aliphatic heterocycles. The molecule has 0 aliphatic rings. The summed E-state index contributed by atoms with van der Waals surface area (Å²) in [6, 6.07) is 8.17. The van der Waals surface area contributed by atoms with E-state index < -0.39 is 0 Å².